The number of rotatable bonds is 9. The van der Waals surface area contributed by atoms with Crippen molar-refractivity contribution in [2.24, 2.45) is 5.92 Å². The van der Waals surface area contributed by atoms with Gasteiger partial charge in [0.05, 0.1) is 25.9 Å². The second-order valence-electron chi connectivity index (χ2n) is 8.14. The zero-order valence-corrected chi connectivity index (χ0v) is 19.7. The van der Waals surface area contributed by atoms with Gasteiger partial charge in [-0.3, -0.25) is 14.1 Å². The molecule has 0 unspecified atom stereocenters. The maximum Gasteiger partial charge on any atom is 0.316 e. The first-order valence-corrected chi connectivity index (χ1v) is 14.3. The quantitative estimate of drug-likeness (QED) is 0.319. The van der Waals surface area contributed by atoms with E-state index in [0.717, 1.165) is 17.6 Å². The highest BCUT2D eigenvalue weighted by atomic mass is 32.2. The van der Waals surface area contributed by atoms with Crippen molar-refractivity contribution in [3.63, 3.8) is 0 Å². The van der Waals surface area contributed by atoms with Gasteiger partial charge in [0.2, 0.25) is 15.9 Å². The summed E-state index contributed by atoms with van der Waals surface area (Å²) in [5, 5.41) is 1.98. The van der Waals surface area contributed by atoms with Crippen molar-refractivity contribution in [1.82, 2.24) is 0 Å². The number of thiophene rings is 1. The van der Waals surface area contributed by atoms with E-state index in [0.29, 0.717) is 43.7 Å². The number of quaternary nitrogens is 1. The van der Waals surface area contributed by atoms with Crippen LogP contribution >= 0.6 is 11.3 Å². The van der Waals surface area contributed by atoms with Crippen molar-refractivity contribution < 1.29 is 30.7 Å². The molecule has 0 spiro atoms. The van der Waals surface area contributed by atoms with Gasteiger partial charge < -0.3 is 4.48 Å². The second kappa shape index (κ2) is 9.37. The molecule has 1 fully saturated rings. The maximum absolute atomic E-state index is 12.9. The van der Waals surface area contributed by atoms with Gasteiger partial charge >= 0.3 is 10.1 Å². The normalized spacial score (nSPS) is 22.2. The average Bonchev–Trinajstić information content (AvgIpc) is 3.18. The number of sulfonamides is 1. The van der Waals surface area contributed by atoms with Crippen molar-refractivity contribution in [1.29, 1.82) is 0 Å². The Kier molecular flexibility index (Phi) is 7.21. The van der Waals surface area contributed by atoms with Gasteiger partial charge in [-0.05, 0) is 35.7 Å². The van der Waals surface area contributed by atoms with Crippen LogP contribution in [0.25, 0.3) is 0 Å². The summed E-state index contributed by atoms with van der Waals surface area (Å²) in [5.41, 5.74) is 0.887. The Bertz CT molecular complexity index is 1100. The Morgan fingerprint density at radius 2 is 1.77 bits per heavy atom. The Labute approximate surface area is 187 Å². The number of hydrogen-bond acceptors (Lipinski definition) is 6. The van der Waals surface area contributed by atoms with Crippen LogP contribution in [0, 0.1) is 5.92 Å². The van der Waals surface area contributed by atoms with E-state index in [9.17, 15) is 26.2 Å². The third-order valence-electron chi connectivity index (χ3n) is 5.60. The van der Waals surface area contributed by atoms with E-state index >= 15 is 0 Å². The Morgan fingerprint density at radius 1 is 1.13 bits per heavy atom. The summed E-state index contributed by atoms with van der Waals surface area (Å²) < 4.78 is 58.1. The molecule has 0 atom stereocenters. The average molecular weight is 488 g/mol. The Morgan fingerprint density at radius 3 is 2.29 bits per heavy atom. The van der Waals surface area contributed by atoms with Crippen LogP contribution in [0.15, 0.2) is 41.8 Å². The maximum atomic E-state index is 12.9. The van der Waals surface area contributed by atoms with Gasteiger partial charge in [0.1, 0.15) is 0 Å². The molecule has 8 nitrogen and oxygen atoms in total. The second-order valence-corrected chi connectivity index (χ2v) is 12.3. The smallest absolute Gasteiger partial charge is 0.309 e. The summed E-state index contributed by atoms with van der Waals surface area (Å²) in [6.45, 7) is 1.58. The SMILES string of the molecule is CS(=O)(=O)Nc1ccc(C(=O)C2CC[N+](CCc3cccs3)(CS(=O)(=O)O)CC2)cc1. The summed E-state index contributed by atoms with van der Waals surface area (Å²) in [6, 6.07) is 10.3. The molecule has 2 aromatic rings. The highest BCUT2D eigenvalue weighted by Crippen LogP contribution is 2.29. The molecule has 0 saturated carbocycles. The van der Waals surface area contributed by atoms with Crippen molar-refractivity contribution in [3.05, 3.63) is 52.2 Å². The molecule has 11 heteroatoms. The topological polar surface area (TPSA) is 118 Å². The summed E-state index contributed by atoms with van der Waals surface area (Å²) in [7, 11) is -7.53. The third kappa shape index (κ3) is 7.11. The van der Waals surface area contributed by atoms with Crippen LogP contribution in [0.4, 0.5) is 5.69 Å². The van der Waals surface area contributed by atoms with E-state index in [2.05, 4.69) is 4.72 Å². The van der Waals surface area contributed by atoms with Gasteiger partial charge in [-0.25, -0.2) is 8.42 Å². The van der Waals surface area contributed by atoms with Gasteiger partial charge in [0.25, 0.3) is 0 Å². The van der Waals surface area contributed by atoms with E-state index in [1.54, 1.807) is 35.6 Å². The van der Waals surface area contributed by atoms with Crippen molar-refractivity contribution >= 4 is 42.9 Å². The number of benzene rings is 1. The Balaban J connectivity index is 1.66. The molecule has 2 heterocycles. The van der Waals surface area contributed by atoms with Crippen molar-refractivity contribution in [3.8, 4) is 0 Å². The molecular weight excluding hydrogens is 460 g/mol. The zero-order chi connectivity index (χ0) is 22.7. The van der Waals surface area contributed by atoms with Crippen LogP contribution in [-0.2, 0) is 26.6 Å². The van der Waals surface area contributed by atoms with Crippen LogP contribution in [0.1, 0.15) is 28.1 Å². The number of nitrogens with zero attached hydrogens (tertiary/aromatic N) is 1. The largest absolute Gasteiger partial charge is 0.316 e. The lowest BCUT2D eigenvalue weighted by atomic mass is 9.87. The number of hydrogen-bond donors (Lipinski definition) is 2. The number of ketones is 1. The van der Waals surface area contributed by atoms with Gasteiger partial charge in [-0.15, -0.1) is 11.3 Å². The van der Waals surface area contributed by atoms with Crippen molar-refractivity contribution in [2.75, 3.05) is 36.5 Å². The molecule has 0 bridgehead atoms. The molecule has 3 rings (SSSR count). The first kappa shape index (κ1) is 23.9. The minimum atomic E-state index is -4.15. The number of nitrogens with one attached hydrogen (secondary N) is 1. The van der Waals surface area contributed by atoms with E-state index in [4.69, 9.17) is 0 Å². The monoisotopic (exact) mass is 487 g/mol. The molecule has 0 radical (unpaired) electrons. The van der Waals surface area contributed by atoms with Crippen LogP contribution in [-0.4, -0.2) is 63.4 Å². The molecule has 1 saturated heterocycles. The number of likely N-dealkylation sites (tertiary alicyclic amines) is 1. The molecule has 1 aromatic heterocycles. The predicted octanol–water partition coefficient (Wildman–Crippen LogP) is 2.62. The molecular formula is C20H27N2O6S3+. The van der Waals surface area contributed by atoms with E-state index in [1.807, 2.05) is 17.5 Å². The van der Waals surface area contributed by atoms with E-state index < -0.39 is 20.1 Å². The standard InChI is InChI=1S/C20H26N2O6S3/c1-30(24,25)21-18-6-4-16(5-7-18)20(23)17-8-11-22(12-9-17,15-31(26,27)28)13-10-19-3-2-14-29-19/h2-7,14,17H,8-13,15H2,1H3,(H-,21,23,26,27,28)/p+1. The number of Topliss-reactive ketones (excluding diaryl/α,β-unsaturated/α-hetero) is 1. The van der Waals surface area contributed by atoms with E-state index in [1.165, 1.54) is 0 Å². The molecule has 2 N–H and O–H groups in total. The first-order valence-electron chi connectivity index (χ1n) is 9.89. The van der Waals surface area contributed by atoms with Crippen molar-refractivity contribution in [2.45, 2.75) is 19.3 Å². The summed E-state index contributed by atoms with van der Waals surface area (Å²) in [4.78, 5) is 14.1. The molecule has 1 aliphatic rings. The lowest BCUT2D eigenvalue weighted by Crippen LogP contribution is -2.57. The van der Waals surface area contributed by atoms with Gasteiger partial charge in [0.15, 0.2) is 5.78 Å². The summed E-state index contributed by atoms with van der Waals surface area (Å²) in [5.74, 6) is -0.609. The highest BCUT2D eigenvalue weighted by molar-refractivity contribution is 7.92. The van der Waals surface area contributed by atoms with Crippen LogP contribution in [0.2, 0.25) is 0 Å². The fourth-order valence-electron chi connectivity index (χ4n) is 4.10. The van der Waals surface area contributed by atoms with Gasteiger partial charge in [-0.2, -0.15) is 8.42 Å². The third-order valence-corrected chi connectivity index (χ3v) is 8.01. The van der Waals surface area contributed by atoms with Gasteiger partial charge in [0, 0.05) is 41.3 Å². The number of carbonyl (C=O) groups excluding carboxylic acids is 1. The molecule has 31 heavy (non-hydrogen) atoms. The van der Waals surface area contributed by atoms with E-state index in [-0.39, 0.29) is 22.1 Å². The molecule has 170 valence electrons. The minimum absolute atomic E-state index is 0.0335. The summed E-state index contributed by atoms with van der Waals surface area (Å²) in [6.07, 6.45) is 2.84. The molecule has 1 aromatic carbocycles. The highest BCUT2D eigenvalue weighted by Gasteiger charge is 2.39. The van der Waals surface area contributed by atoms with Gasteiger partial charge in [-0.1, -0.05) is 6.07 Å². The number of anilines is 1. The lowest BCUT2D eigenvalue weighted by molar-refractivity contribution is -0.922. The minimum Gasteiger partial charge on any atom is -0.309 e. The van der Waals surface area contributed by atoms with Crippen LogP contribution in [0.3, 0.4) is 0 Å². The first-order chi connectivity index (χ1) is 14.4. The fourth-order valence-corrected chi connectivity index (χ4v) is 6.44. The molecule has 0 aliphatic carbocycles. The molecule has 0 amide bonds. The fraction of sp³-hybridized carbons (Fsp3) is 0.450. The molecule has 1 aliphatic heterocycles. The lowest BCUT2D eigenvalue weighted by Gasteiger charge is -2.42. The van der Waals surface area contributed by atoms with Crippen LogP contribution in [0.5, 0.6) is 0 Å². The Hall–Kier alpha value is -1.79. The number of piperidine rings is 1. The number of carbonyl (C=O) groups is 1. The van der Waals surface area contributed by atoms with Crippen LogP contribution < -0.4 is 4.72 Å². The predicted molar refractivity (Wildman–Crippen MR) is 121 cm³/mol. The summed E-state index contributed by atoms with van der Waals surface area (Å²) >= 11 is 1.62. The zero-order valence-electron chi connectivity index (χ0n) is 17.2.